The Morgan fingerprint density at radius 1 is 1.08 bits per heavy atom. The lowest BCUT2D eigenvalue weighted by molar-refractivity contribution is -0.137. The van der Waals surface area contributed by atoms with Gasteiger partial charge in [-0.25, -0.2) is 4.79 Å². The van der Waals surface area contributed by atoms with Crippen LogP contribution in [0.4, 0.5) is 10.5 Å². The number of urea groups is 1. The molecule has 2 heterocycles. The third-order valence-electron chi connectivity index (χ3n) is 4.76. The first-order valence-corrected chi connectivity index (χ1v) is 8.48. The van der Waals surface area contributed by atoms with E-state index in [0.717, 1.165) is 29.7 Å². The molecule has 0 unspecified atom stereocenters. The van der Waals surface area contributed by atoms with Crippen molar-refractivity contribution in [1.82, 2.24) is 9.80 Å². The first-order valence-electron chi connectivity index (χ1n) is 8.48. The average Bonchev–Trinajstić information content (AvgIpc) is 2.80. The number of anilines is 1. The van der Waals surface area contributed by atoms with Gasteiger partial charge in [-0.3, -0.25) is 19.4 Å². The van der Waals surface area contributed by atoms with Gasteiger partial charge in [0.25, 0.3) is 5.91 Å². The van der Waals surface area contributed by atoms with Gasteiger partial charge in [-0.15, -0.1) is 0 Å². The van der Waals surface area contributed by atoms with Gasteiger partial charge in [0.1, 0.15) is 12.6 Å². The normalized spacial score (nSPS) is 21.6. The van der Waals surface area contributed by atoms with Gasteiger partial charge in [0.05, 0.1) is 0 Å². The van der Waals surface area contributed by atoms with Crippen LogP contribution in [0.15, 0.2) is 24.3 Å². The number of likely N-dealkylation sites (tertiary alicyclic amines) is 1. The lowest BCUT2D eigenvalue weighted by Crippen LogP contribution is -2.45. The molecule has 0 bridgehead atoms. The van der Waals surface area contributed by atoms with Crippen molar-refractivity contribution < 1.29 is 14.4 Å². The van der Waals surface area contributed by atoms with Crippen LogP contribution in [0, 0.1) is 6.92 Å². The van der Waals surface area contributed by atoms with Crippen molar-refractivity contribution in [2.75, 3.05) is 24.5 Å². The lowest BCUT2D eigenvalue weighted by Gasteiger charge is -2.28. The predicted octanol–water partition coefficient (Wildman–Crippen LogP) is 2.16. The van der Waals surface area contributed by atoms with E-state index in [1.54, 1.807) is 11.8 Å². The Labute approximate surface area is 142 Å². The average molecular weight is 329 g/mol. The summed E-state index contributed by atoms with van der Waals surface area (Å²) in [5.41, 5.74) is 1.76. The monoisotopic (exact) mass is 329 g/mol. The quantitative estimate of drug-likeness (QED) is 0.799. The molecule has 2 saturated heterocycles. The van der Waals surface area contributed by atoms with E-state index in [9.17, 15) is 14.4 Å². The SMILES string of the molecule is Cc1ccc(N2C(=O)N(CC(=O)N3CCCCC3)C(=O)[C@H]2C)cc1. The van der Waals surface area contributed by atoms with Gasteiger partial charge in [0, 0.05) is 18.8 Å². The summed E-state index contributed by atoms with van der Waals surface area (Å²) in [4.78, 5) is 41.9. The Kier molecular flexibility index (Phi) is 4.55. The third kappa shape index (κ3) is 3.00. The number of nitrogens with zero attached hydrogens (tertiary/aromatic N) is 3. The molecule has 6 nitrogen and oxygen atoms in total. The molecule has 0 radical (unpaired) electrons. The zero-order valence-corrected chi connectivity index (χ0v) is 14.2. The zero-order chi connectivity index (χ0) is 17.3. The number of benzene rings is 1. The number of hydrogen-bond acceptors (Lipinski definition) is 3. The Bertz CT molecular complexity index is 650. The van der Waals surface area contributed by atoms with E-state index in [2.05, 4.69) is 0 Å². The Balaban J connectivity index is 1.75. The number of imide groups is 1. The van der Waals surface area contributed by atoms with E-state index in [4.69, 9.17) is 0 Å². The summed E-state index contributed by atoms with van der Waals surface area (Å²) in [6.45, 7) is 4.93. The van der Waals surface area contributed by atoms with Crippen LogP contribution in [0.5, 0.6) is 0 Å². The highest BCUT2D eigenvalue weighted by atomic mass is 16.2. The molecule has 2 aliphatic rings. The van der Waals surface area contributed by atoms with Gasteiger partial charge in [0.15, 0.2) is 0 Å². The fourth-order valence-electron chi connectivity index (χ4n) is 3.29. The summed E-state index contributed by atoms with van der Waals surface area (Å²) < 4.78 is 0. The van der Waals surface area contributed by atoms with Crippen LogP contribution in [0.3, 0.4) is 0 Å². The van der Waals surface area contributed by atoms with Gasteiger partial charge in [-0.2, -0.15) is 0 Å². The summed E-state index contributed by atoms with van der Waals surface area (Å²) in [7, 11) is 0. The molecular weight excluding hydrogens is 306 g/mol. The van der Waals surface area contributed by atoms with Crippen LogP contribution in [0.2, 0.25) is 0 Å². The van der Waals surface area contributed by atoms with Crippen LogP contribution in [0.1, 0.15) is 31.7 Å². The molecule has 4 amide bonds. The minimum atomic E-state index is -0.589. The number of aryl methyl sites for hydroxylation is 1. The second-order valence-electron chi connectivity index (χ2n) is 6.53. The molecule has 0 saturated carbocycles. The van der Waals surface area contributed by atoms with E-state index >= 15 is 0 Å². The van der Waals surface area contributed by atoms with Gasteiger partial charge in [0.2, 0.25) is 5.91 Å². The fourth-order valence-corrected chi connectivity index (χ4v) is 3.29. The van der Waals surface area contributed by atoms with E-state index in [1.807, 2.05) is 31.2 Å². The lowest BCUT2D eigenvalue weighted by atomic mass is 10.1. The van der Waals surface area contributed by atoms with Gasteiger partial charge in [-0.1, -0.05) is 17.7 Å². The third-order valence-corrected chi connectivity index (χ3v) is 4.76. The zero-order valence-electron chi connectivity index (χ0n) is 14.2. The summed E-state index contributed by atoms with van der Waals surface area (Å²) in [6, 6.07) is 6.46. The molecule has 24 heavy (non-hydrogen) atoms. The molecule has 1 aromatic rings. The van der Waals surface area contributed by atoms with E-state index in [0.29, 0.717) is 18.8 Å². The first kappa shape index (κ1) is 16.5. The second-order valence-corrected chi connectivity index (χ2v) is 6.53. The van der Waals surface area contributed by atoms with Crippen molar-refractivity contribution in [3.05, 3.63) is 29.8 Å². The number of piperidine rings is 1. The number of hydrogen-bond donors (Lipinski definition) is 0. The summed E-state index contributed by atoms with van der Waals surface area (Å²) in [5.74, 6) is -0.458. The van der Waals surface area contributed by atoms with Crippen molar-refractivity contribution in [1.29, 1.82) is 0 Å². The maximum absolute atomic E-state index is 12.7. The van der Waals surface area contributed by atoms with Crippen molar-refractivity contribution in [3.8, 4) is 0 Å². The van der Waals surface area contributed by atoms with Crippen LogP contribution in [0.25, 0.3) is 0 Å². The number of amides is 4. The molecular formula is C18H23N3O3. The Morgan fingerprint density at radius 2 is 1.71 bits per heavy atom. The number of rotatable bonds is 3. The van der Waals surface area contributed by atoms with Crippen LogP contribution >= 0.6 is 0 Å². The highest BCUT2D eigenvalue weighted by Crippen LogP contribution is 2.26. The molecule has 1 atom stereocenters. The van der Waals surface area contributed by atoms with Crippen molar-refractivity contribution in [2.24, 2.45) is 0 Å². The molecule has 3 rings (SSSR count). The Morgan fingerprint density at radius 3 is 2.33 bits per heavy atom. The molecule has 0 N–H and O–H groups in total. The minimum Gasteiger partial charge on any atom is -0.341 e. The van der Waals surface area contributed by atoms with Crippen molar-refractivity contribution in [2.45, 2.75) is 39.2 Å². The maximum Gasteiger partial charge on any atom is 0.332 e. The van der Waals surface area contributed by atoms with Crippen LogP contribution < -0.4 is 4.90 Å². The summed E-state index contributed by atoms with van der Waals surface area (Å²) in [5, 5.41) is 0. The Hall–Kier alpha value is -2.37. The molecule has 6 heteroatoms. The molecule has 2 aliphatic heterocycles. The summed E-state index contributed by atoms with van der Waals surface area (Å²) in [6.07, 6.45) is 3.10. The molecule has 0 aliphatic carbocycles. The maximum atomic E-state index is 12.7. The molecule has 0 aromatic heterocycles. The predicted molar refractivity (Wildman–Crippen MR) is 90.7 cm³/mol. The second kappa shape index (κ2) is 6.63. The van der Waals surface area contributed by atoms with Crippen molar-refractivity contribution >= 4 is 23.5 Å². The van der Waals surface area contributed by atoms with E-state index in [-0.39, 0.29) is 18.4 Å². The fraction of sp³-hybridized carbons (Fsp3) is 0.500. The van der Waals surface area contributed by atoms with E-state index in [1.165, 1.54) is 4.90 Å². The molecule has 0 spiro atoms. The highest BCUT2D eigenvalue weighted by molar-refractivity contribution is 6.15. The van der Waals surface area contributed by atoms with Gasteiger partial charge >= 0.3 is 6.03 Å². The number of carbonyl (C=O) groups is 3. The molecule has 2 fully saturated rings. The summed E-state index contributed by atoms with van der Waals surface area (Å²) >= 11 is 0. The molecule has 1 aromatic carbocycles. The van der Waals surface area contributed by atoms with E-state index < -0.39 is 12.1 Å². The van der Waals surface area contributed by atoms with Gasteiger partial charge in [-0.05, 0) is 45.2 Å². The smallest absolute Gasteiger partial charge is 0.332 e. The first-order chi connectivity index (χ1) is 11.5. The standard InChI is InChI=1S/C18H23N3O3/c1-13-6-8-15(9-7-13)21-14(2)17(23)20(18(21)24)12-16(22)19-10-4-3-5-11-19/h6-9,14H,3-5,10-12H2,1-2H3/t14-/m1/s1. The number of carbonyl (C=O) groups excluding carboxylic acids is 3. The topological polar surface area (TPSA) is 60.9 Å². The van der Waals surface area contributed by atoms with Crippen molar-refractivity contribution in [3.63, 3.8) is 0 Å². The highest BCUT2D eigenvalue weighted by Gasteiger charge is 2.44. The molecule has 128 valence electrons. The largest absolute Gasteiger partial charge is 0.341 e. The van der Waals surface area contributed by atoms with Gasteiger partial charge < -0.3 is 4.90 Å². The van der Waals surface area contributed by atoms with Crippen LogP contribution in [-0.2, 0) is 9.59 Å². The minimum absolute atomic E-state index is 0.144. The van der Waals surface area contributed by atoms with Crippen LogP contribution in [-0.4, -0.2) is 53.3 Å².